The molecule has 7 rings (SSSR count). The molecular formula is C32H45NO5. The van der Waals surface area contributed by atoms with Crippen LogP contribution in [0, 0.1) is 23.2 Å². The van der Waals surface area contributed by atoms with Gasteiger partial charge in [-0.15, -0.1) is 0 Å². The molecule has 5 fully saturated rings. The van der Waals surface area contributed by atoms with E-state index in [4.69, 9.17) is 14.2 Å². The van der Waals surface area contributed by atoms with Crippen molar-refractivity contribution < 1.29 is 24.1 Å². The van der Waals surface area contributed by atoms with Gasteiger partial charge in [0.25, 0.3) is 0 Å². The summed E-state index contributed by atoms with van der Waals surface area (Å²) in [6.07, 6.45) is 19.2. The lowest BCUT2D eigenvalue weighted by Crippen LogP contribution is -2.66. The van der Waals surface area contributed by atoms with E-state index in [0.29, 0.717) is 40.5 Å². The Morgan fingerprint density at radius 2 is 1.84 bits per heavy atom. The van der Waals surface area contributed by atoms with Gasteiger partial charge in [-0.1, -0.05) is 32.6 Å². The van der Waals surface area contributed by atoms with E-state index in [1.54, 1.807) is 14.0 Å². The number of fused-ring (bicyclic) bond motifs is 2. The summed E-state index contributed by atoms with van der Waals surface area (Å²) in [5.74, 6) is 3.33. The zero-order valence-electron chi connectivity index (χ0n) is 23.5. The number of methoxy groups -OCH3 is 1. The fourth-order valence-corrected chi connectivity index (χ4v) is 10.2. The van der Waals surface area contributed by atoms with Crippen LogP contribution in [0.25, 0.3) is 0 Å². The lowest BCUT2D eigenvalue weighted by molar-refractivity contribution is -0.152. The van der Waals surface area contributed by atoms with Crippen molar-refractivity contribution in [1.82, 2.24) is 4.90 Å². The van der Waals surface area contributed by atoms with E-state index in [9.17, 15) is 9.90 Å². The molecule has 1 N–H and O–H groups in total. The summed E-state index contributed by atoms with van der Waals surface area (Å²) < 4.78 is 17.8. The molecule has 208 valence electrons. The van der Waals surface area contributed by atoms with E-state index in [2.05, 4.69) is 17.9 Å². The Morgan fingerprint density at radius 3 is 2.63 bits per heavy atom. The maximum absolute atomic E-state index is 12.5. The van der Waals surface area contributed by atoms with E-state index in [1.165, 1.54) is 44.9 Å². The number of aliphatic hydroxyl groups is 1. The molecule has 6 nitrogen and oxygen atoms in total. The number of hydrogen-bond donors (Lipinski definition) is 1. The molecule has 0 amide bonds. The number of carbonyl (C=O) groups excluding carboxylic acids is 1. The maximum Gasteiger partial charge on any atom is 0.343 e. The first-order chi connectivity index (χ1) is 18.3. The van der Waals surface area contributed by atoms with Gasteiger partial charge in [-0.25, -0.2) is 4.79 Å². The number of carbonyl (C=O) groups is 1. The second-order valence-corrected chi connectivity index (χ2v) is 13.6. The van der Waals surface area contributed by atoms with Gasteiger partial charge in [0.15, 0.2) is 11.5 Å². The van der Waals surface area contributed by atoms with Crippen molar-refractivity contribution >= 4 is 5.97 Å². The van der Waals surface area contributed by atoms with Gasteiger partial charge in [0.05, 0.1) is 18.3 Å². The molecule has 7 atom stereocenters. The Bertz CT molecular complexity index is 1090. The highest BCUT2D eigenvalue weighted by Gasteiger charge is 2.58. The first-order valence-electron chi connectivity index (χ1n) is 15.4. The highest BCUT2D eigenvalue weighted by atomic mass is 16.6. The van der Waals surface area contributed by atoms with Gasteiger partial charge in [0, 0.05) is 30.0 Å². The van der Waals surface area contributed by atoms with Crippen LogP contribution in [0.5, 0.6) is 0 Å². The number of esters is 1. The van der Waals surface area contributed by atoms with E-state index in [0.717, 1.165) is 56.5 Å². The minimum Gasteiger partial charge on any atom is -0.492 e. The van der Waals surface area contributed by atoms with Crippen molar-refractivity contribution in [3.63, 3.8) is 0 Å². The lowest BCUT2D eigenvalue weighted by Gasteiger charge is -2.58. The molecule has 2 saturated carbocycles. The third kappa shape index (κ3) is 3.61. The Labute approximate surface area is 227 Å². The molecule has 0 radical (unpaired) electrons. The van der Waals surface area contributed by atoms with Gasteiger partial charge in [0.2, 0.25) is 5.76 Å². The van der Waals surface area contributed by atoms with Gasteiger partial charge in [-0.2, -0.15) is 0 Å². The molecule has 7 aliphatic rings. The van der Waals surface area contributed by atoms with Crippen molar-refractivity contribution in [1.29, 1.82) is 0 Å². The Balaban J connectivity index is 1.19. The first kappa shape index (κ1) is 25.2. The number of nitrogens with zero attached hydrogens (tertiary/aromatic N) is 1. The zero-order valence-corrected chi connectivity index (χ0v) is 23.5. The maximum atomic E-state index is 12.5. The minimum atomic E-state index is -0.585. The number of ether oxygens (including phenoxy) is 3. The van der Waals surface area contributed by atoms with Gasteiger partial charge in [0.1, 0.15) is 5.76 Å². The van der Waals surface area contributed by atoms with Crippen LogP contribution in [0.2, 0.25) is 0 Å². The van der Waals surface area contributed by atoms with Crippen LogP contribution < -0.4 is 0 Å². The summed E-state index contributed by atoms with van der Waals surface area (Å²) in [7, 11) is 1.59. The molecular weight excluding hydrogens is 478 g/mol. The summed E-state index contributed by atoms with van der Waals surface area (Å²) in [4.78, 5) is 15.1. The summed E-state index contributed by atoms with van der Waals surface area (Å²) in [6.45, 7) is 3.96. The molecule has 0 bridgehead atoms. The van der Waals surface area contributed by atoms with E-state index in [-0.39, 0.29) is 23.8 Å². The van der Waals surface area contributed by atoms with Crippen LogP contribution in [0.4, 0.5) is 0 Å². The third-order valence-corrected chi connectivity index (χ3v) is 12.0. The van der Waals surface area contributed by atoms with Crippen molar-refractivity contribution in [3.05, 3.63) is 34.7 Å². The van der Waals surface area contributed by atoms with Crippen LogP contribution in [0.3, 0.4) is 0 Å². The summed E-state index contributed by atoms with van der Waals surface area (Å²) >= 11 is 0. The molecule has 6 heteroatoms. The van der Waals surface area contributed by atoms with E-state index < -0.39 is 5.60 Å². The molecule has 1 spiro atoms. The molecule has 0 aromatic heterocycles. The molecule has 0 unspecified atom stereocenters. The van der Waals surface area contributed by atoms with Crippen molar-refractivity contribution in [2.75, 3.05) is 7.11 Å². The molecule has 38 heavy (non-hydrogen) atoms. The van der Waals surface area contributed by atoms with Crippen molar-refractivity contribution in [2.24, 2.45) is 23.2 Å². The second kappa shape index (κ2) is 9.12. The monoisotopic (exact) mass is 523 g/mol. The standard InChI is InChI=1S/C32H45NO5/c1-19-26-23-9-6-10-25-32(35,18-21-8-7-16-31(21)14-4-5-15-31)17-13-22(33(23)25)11-12-24(26)37-28(19)29-27(36-3)20(2)30(34)38-29/h12,19,21-23,25-26,35H,4-11,13-18H2,1-3H3/t19-,21-,22+,23-,25-,26+,32-/m0/s1. The first-order valence-corrected chi connectivity index (χ1v) is 15.4. The summed E-state index contributed by atoms with van der Waals surface area (Å²) in [6, 6.07) is 1.04. The SMILES string of the molecule is COC1=C(C)C(=O)OC1=C1OC2=CC[C@@H]3CC[C@](O)(C[C@@H]4CCCC45CCCC5)[C@@H]4CCC[C@@H]([C@H]2[C@@H]1C)N34. The summed E-state index contributed by atoms with van der Waals surface area (Å²) in [5.41, 5.74) is 0.433. The fourth-order valence-electron chi connectivity index (χ4n) is 10.2. The number of piperidine rings is 2. The second-order valence-electron chi connectivity index (χ2n) is 13.6. The highest BCUT2D eigenvalue weighted by molar-refractivity contribution is 5.93. The average molecular weight is 524 g/mol. The van der Waals surface area contributed by atoms with Gasteiger partial charge in [-0.3, -0.25) is 4.90 Å². The Morgan fingerprint density at radius 1 is 1.05 bits per heavy atom. The number of rotatable bonds is 3. The van der Waals surface area contributed by atoms with Gasteiger partial charge in [-0.05, 0) is 88.5 Å². The normalized spacial score (nSPS) is 44.0. The quantitative estimate of drug-likeness (QED) is 0.450. The molecule has 2 aliphatic carbocycles. The van der Waals surface area contributed by atoms with Crippen LogP contribution in [0.15, 0.2) is 34.7 Å². The number of hydrogen-bond acceptors (Lipinski definition) is 6. The van der Waals surface area contributed by atoms with Crippen LogP contribution >= 0.6 is 0 Å². The van der Waals surface area contributed by atoms with Crippen molar-refractivity contribution in [3.8, 4) is 0 Å². The molecule has 0 aromatic rings. The lowest BCUT2D eigenvalue weighted by atomic mass is 9.65. The van der Waals surface area contributed by atoms with Gasteiger partial charge >= 0.3 is 5.97 Å². The molecule has 0 aromatic carbocycles. The van der Waals surface area contributed by atoms with Crippen LogP contribution in [-0.2, 0) is 19.0 Å². The topological polar surface area (TPSA) is 68.2 Å². The molecule has 3 saturated heterocycles. The number of allylic oxidation sites excluding steroid dienone is 1. The third-order valence-electron chi connectivity index (χ3n) is 12.0. The largest absolute Gasteiger partial charge is 0.492 e. The number of cyclic esters (lactones) is 1. The predicted molar refractivity (Wildman–Crippen MR) is 143 cm³/mol. The van der Waals surface area contributed by atoms with E-state index in [1.807, 2.05) is 0 Å². The van der Waals surface area contributed by atoms with Crippen LogP contribution in [0.1, 0.15) is 104 Å². The Hall–Kier alpha value is -1.79. The van der Waals surface area contributed by atoms with E-state index >= 15 is 0 Å². The molecule has 5 aliphatic heterocycles. The average Bonchev–Trinajstić information content (AvgIpc) is 3.66. The predicted octanol–water partition coefficient (Wildman–Crippen LogP) is 6.11. The van der Waals surface area contributed by atoms with Gasteiger partial charge < -0.3 is 19.3 Å². The summed E-state index contributed by atoms with van der Waals surface area (Å²) in [5, 5.41) is 12.5. The fraction of sp³-hybridized carbons (Fsp3) is 0.781. The highest BCUT2D eigenvalue weighted by Crippen LogP contribution is 2.59. The zero-order chi connectivity index (χ0) is 26.2. The van der Waals surface area contributed by atoms with Crippen molar-refractivity contribution in [2.45, 2.75) is 127 Å². The molecule has 5 heterocycles. The smallest absolute Gasteiger partial charge is 0.343 e. The minimum absolute atomic E-state index is 0.0780. The Kier molecular flexibility index (Phi) is 6.05. The van der Waals surface area contributed by atoms with Crippen LogP contribution in [-0.4, -0.2) is 46.8 Å².